The Balaban J connectivity index is 1.50. The zero-order valence-corrected chi connectivity index (χ0v) is 22.9. The van der Waals surface area contributed by atoms with E-state index in [1.54, 1.807) is 11.3 Å². The SMILES string of the molecule is CC(C)=C1C(=O)N(c2ccc(Cc3ccc(N)cc3)cc2)C(=O)C1=C(C)c1cc(-c2ccccc2)sc1C. The zero-order valence-electron chi connectivity index (χ0n) is 22.0. The summed E-state index contributed by atoms with van der Waals surface area (Å²) in [4.78, 5) is 31.0. The lowest BCUT2D eigenvalue weighted by Gasteiger charge is -2.14. The van der Waals surface area contributed by atoms with E-state index in [9.17, 15) is 9.59 Å². The van der Waals surface area contributed by atoms with Gasteiger partial charge in [0.25, 0.3) is 11.8 Å². The molecule has 0 saturated carbocycles. The van der Waals surface area contributed by atoms with E-state index in [2.05, 4.69) is 25.1 Å². The molecule has 0 radical (unpaired) electrons. The molecular formula is C33H30N2O2S. The van der Waals surface area contributed by atoms with Gasteiger partial charge in [-0.1, -0.05) is 60.2 Å². The molecule has 0 aliphatic carbocycles. The Morgan fingerprint density at radius 1 is 0.789 bits per heavy atom. The predicted octanol–water partition coefficient (Wildman–Crippen LogP) is 7.58. The summed E-state index contributed by atoms with van der Waals surface area (Å²) < 4.78 is 0. The number of hydrogen-bond acceptors (Lipinski definition) is 4. The van der Waals surface area contributed by atoms with E-state index in [1.165, 1.54) is 4.90 Å². The Bertz CT molecular complexity index is 1590. The van der Waals surface area contributed by atoms with Crippen molar-refractivity contribution in [1.82, 2.24) is 0 Å². The topological polar surface area (TPSA) is 63.4 Å². The van der Waals surface area contributed by atoms with Crippen LogP contribution in [-0.2, 0) is 16.0 Å². The zero-order chi connectivity index (χ0) is 27.0. The number of imide groups is 1. The van der Waals surface area contributed by atoms with Gasteiger partial charge in [0.15, 0.2) is 0 Å². The van der Waals surface area contributed by atoms with Gasteiger partial charge in [0.05, 0.1) is 16.8 Å². The normalized spacial score (nSPS) is 14.8. The lowest BCUT2D eigenvalue weighted by molar-refractivity contribution is -0.119. The molecule has 1 aliphatic heterocycles. The fourth-order valence-electron chi connectivity index (χ4n) is 4.94. The van der Waals surface area contributed by atoms with Crippen LogP contribution in [0.5, 0.6) is 0 Å². The van der Waals surface area contributed by atoms with Crippen LogP contribution >= 0.6 is 11.3 Å². The number of nitrogens with zero attached hydrogens (tertiary/aromatic N) is 1. The van der Waals surface area contributed by atoms with Gasteiger partial charge in [-0.05, 0) is 92.3 Å². The number of thiophene rings is 1. The van der Waals surface area contributed by atoms with E-state index < -0.39 is 0 Å². The number of hydrogen-bond donors (Lipinski definition) is 1. The summed E-state index contributed by atoms with van der Waals surface area (Å²) in [5.41, 5.74) is 14.1. The number of carbonyl (C=O) groups excluding carboxylic acids is 2. The van der Waals surface area contributed by atoms with E-state index in [1.807, 2.05) is 87.5 Å². The molecule has 190 valence electrons. The molecule has 2 amide bonds. The maximum absolute atomic E-state index is 13.8. The molecule has 3 aromatic carbocycles. The third kappa shape index (κ3) is 4.73. The van der Waals surface area contributed by atoms with Crippen molar-refractivity contribution >= 4 is 40.1 Å². The van der Waals surface area contributed by atoms with Gasteiger partial charge in [-0.3, -0.25) is 9.59 Å². The summed E-state index contributed by atoms with van der Waals surface area (Å²) in [7, 11) is 0. The van der Waals surface area contributed by atoms with Crippen molar-refractivity contribution in [3.63, 3.8) is 0 Å². The number of benzene rings is 3. The molecule has 0 bridgehead atoms. The van der Waals surface area contributed by atoms with Gasteiger partial charge in [-0.2, -0.15) is 0 Å². The van der Waals surface area contributed by atoms with Crippen molar-refractivity contribution in [3.05, 3.63) is 123 Å². The van der Waals surface area contributed by atoms with Crippen LogP contribution in [0.4, 0.5) is 11.4 Å². The molecule has 4 nitrogen and oxygen atoms in total. The van der Waals surface area contributed by atoms with Crippen molar-refractivity contribution in [1.29, 1.82) is 0 Å². The Kier molecular flexibility index (Phi) is 6.87. The van der Waals surface area contributed by atoms with Crippen LogP contribution < -0.4 is 10.6 Å². The largest absolute Gasteiger partial charge is 0.399 e. The van der Waals surface area contributed by atoms with E-state index in [0.29, 0.717) is 16.8 Å². The van der Waals surface area contributed by atoms with E-state index in [-0.39, 0.29) is 11.8 Å². The van der Waals surface area contributed by atoms with Gasteiger partial charge in [0, 0.05) is 15.4 Å². The molecular weight excluding hydrogens is 488 g/mol. The number of carbonyl (C=O) groups is 2. The summed E-state index contributed by atoms with van der Waals surface area (Å²) in [5, 5.41) is 0. The Morgan fingerprint density at radius 2 is 1.37 bits per heavy atom. The van der Waals surface area contributed by atoms with Gasteiger partial charge in [0.1, 0.15) is 0 Å². The summed E-state index contributed by atoms with van der Waals surface area (Å²) >= 11 is 1.70. The fourth-order valence-corrected chi connectivity index (χ4v) is 6.03. The van der Waals surface area contributed by atoms with Crippen LogP contribution in [0.2, 0.25) is 0 Å². The molecule has 2 heterocycles. The highest BCUT2D eigenvalue weighted by atomic mass is 32.1. The third-order valence-corrected chi connectivity index (χ3v) is 8.02. The average molecular weight is 519 g/mol. The van der Waals surface area contributed by atoms with Crippen molar-refractivity contribution in [2.24, 2.45) is 0 Å². The van der Waals surface area contributed by atoms with Crippen molar-refractivity contribution in [3.8, 4) is 10.4 Å². The van der Waals surface area contributed by atoms with E-state index >= 15 is 0 Å². The number of allylic oxidation sites excluding steroid dienone is 2. The highest BCUT2D eigenvalue weighted by Gasteiger charge is 2.42. The van der Waals surface area contributed by atoms with E-state index in [0.717, 1.165) is 55.3 Å². The van der Waals surface area contributed by atoms with Crippen LogP contribution in [0.25, 0.3) is 16.0 Å². The quantitative estimate of drug-likeness (QED) is 0.168. The minimum absolute atomic E-state index is 0.271. The highest BCUT2D eigenvalue weighted by molar-refractivity contribution is 7.15. The first-order valence-electron chi connectivity index (χ1n) is 12.6. The predicted molar refractivity (Wildman–Crippen MR) is 158 cm³/mol. The standard InChI is InChI=1S/C33H30N2O2S/c1-20(2)30-31(21(3)28-19-29(38-22(28)4)25-8-6-5-7-9-25)33(37)35(32(30)36)27-16-12-24(13-17-27)18-23-10-14-26(34)15-11-23/h5-17,19H,18,34H2,1-4H3. The Labute approximate surface area is 227 Å². The maximum Gasteiger partial charge on any atom is 0.266 e. The van der Waals surface area contributed by atoms with Gasteiger partial charge >= 0.3 is 0 Å². The molecule has 5 heteroatoms. The van der Waals surface area contributed by atoms with Gasteiger partial charge in [0.2, 0.25) is 0 Å². The van der Waals surface area contributed by atoms with Crippen molar-refractivity contribution < 1.29 is 9.59 Å². The number of rotatable bonds is 5. The Morgan fingerprint density at radius 3 is 1.97 bits per heavy atom. The van der Waals surface area contributed by atoms with Crippen LogP contribution in [0.1, 0.15) is 42.3 Å². The molecule has 2 N–H and O–H groups in total. The summed E-state index contributed by atoms with van der Waals surface area (Å²) in [6.07, 6.45) is 0.743. The lowest BCUT2D eigenvalue weighted by Crippen LogP contribution is -2.29. The number of anilines is 2. The lowest BCUT2D eigenvalue weighted by atomic mass is 9.95. The molecule has 0 spiro atoms. The minimum atomic E-state index is -0.276. The average Bonchev–Trinajstić information content (AvgIpc) is 3.42. The first kappa shape index (κ1) is 25.4. The number of nitrogens with two attached hydrogens (primary N) is 1. The van der Waals surface area contributed by atoms with E-state index in [4.69, 9.17) is 5.73 Å². The summed E-state index contributed by atoms with van der Waals surface area (Å²) in [6.45, 7) is 7.80. The molecule has 5 rings (SSSR count). The van der Waals surface area contributed by atoms with Crippen molar-refractivity contribution in [2.75, 3.05) is 10.6 Å². The van der Waals surface area contributed by atoms with Crippen molar-refractivity contribution in [2.45, 2.75) is 34.1 Å². The second-order valence-electron chi connectivity index (χ2n) is 9.85. The van der Waals surface area contributed by atoms with Crippen LogP contribution in [0.15, 0.2) is 102 Å². The van der Waals surface area contributed by atoms with Gasteiger partial charge in [-0.15, -0.1) is 11.3 Å². The highest BCUT2D eigenvalue weighted by Crippen LogP contribution is 2.40. The maximum atomic E-state index is 13.8. The first-order chi connectivity index (χ1) is 18.2. The van der Waals surface area contributed by atoms with Gasteiger partial charge in [-0.25, -0.2) is 4.90 Å². The van der Waals surface area contributed by atoms with Crippen LogP contribution in [0.3, 0.4) is 0 Å². The third-order valence-electron chi connectivity index (χ3n) is 6.92. The molecule has 1 aliphatic rings. The number of nitrogen functional groups attached to an aromatic ring is 1. The minimum Gasteiger partial charge on any atom is -0.399 e. The Hall–Kier alpha value is -4.22. The molecule has 4 aromatic rings. The fraction of sp³-hybridized carbons (Fsp3) is 0.152. The number of aryl methyl sites for hydroxylation is 1. The number of amides is 2. The first-order valence-corrected chi connectivity index (χ1v) is 13.4. The smallest absolute Gasteiger partial charge is 0.266 e. The van der Waals surface area contributed by atoms with Gasteiger partial charge < -0.3 is 5.73 Å². The molecule has 1 fully saturated rings. The monoisotopic (exact) mass is 518 g/mol. The summed E-state index contributed by atoms with van der Waals surface area (Å²) in [5.74, 6) is -0.548. The van der Waals surface area contributed by atoms with Crippen LogP contribution in [0, 0.1) is 6.92 Å². The summed E-state index contributed by atoms with van der Waals surface area (Å²) in [6, 6.07) is 27.8. The van der Waals surface area contributed by atoms with Crippen LogP contribution in [-0.4, -0.2) is 11.8 Å². The molecule has 0 atom stereocenters. The molecule has 38 heavy (non-hydrogen) atoms. The second-order valence-corrected chi connectivity index (χ2v) is 11.1. The second kappa shape index (κ2) is 10.3. The molecule has 1 aromatic heterocycles. The molecule has 0 unspecified atom stereocenters. The molecule has 1 saturated heterocycles.